The molecule has 1 saturated carbocycles. The van der Waals surface area contributed by atoms with E-state index < -0.39 is 6.17 Å². The lowest BCUT2D eigenvalue weighted by Crippen LogP contribution is -2.28. The van der Waals surface area contributed by atoms with Gasteiger partial charge in [0.05, 0.1) is 12.6 Å². The fourth-order valence-corrected chi connectivity index (χ4v) is 3.57. The van der Waals surface area contributed by atoms with E-state index in [2.05, 4.69) is 4.90 Å². The van der Waals surface area contributed by atoms with Crippen LogP contribution in [-0.2, 0) is 0 Å². The van der Waals surface area contributed by atoms with Gasteiger partial charge in [0, 0.05) is 29.5 Å². The van der Waals surface area contributed by atoms with Gasteiger partial charge >= 0.3 is 0 Å². The lowest BCUT2D eigenvalue weighted by molar-refractivity contribution is 0.299. The minimum Gasteiger partial charge on any atom is -0.494 e. The molecule has 126 valence electrons. The maximum atomic E-state index is 15.3. The molecular formula is C20H23FN2O. The molecule has 2 aliphatic rings. The molecule has 0 spiro atoms. The zero-order valence-corrected chi connectivity index (χ0v) is 13.9. The van der Waals surface area contributed by atoms with Crippen molar-refractivity contribution >= 4 is 11.4 Å². The Labute approximate surface area is 142 Å². The summed E-state index contributed by atoms with van der Waals surface area (Å²) >= 11 is 0. The predicted octanol–water partition coefficient (Wildman–Crippen LogP) is 4.65. The molecule has 0 radical (unpaired) electrons. The average Bonchev–Trinajstić information content (AvgIpc) is 3.35. The maximum absolute atomic E-state index is 15.3. The summed E-state index contributed by atoms with van der Waals surface area (Å²) in [5.74, 6) is 1.48. The number of fused-ring (bicyclic) bond motifs is 1. The number of benzene rings is 2. The van der Waals surface area contributed by atoms with E-state index in [1.165, 1.54) is 12.8 Å². The van der Waals surface area contributed by atoms with Gasteiger partial charge in [-0.3, -0.25) is 0 Å². The van der Waals surface area contributed by atoms with Crippen molar-refractivity contribution in [2.24, 2.45) is 5.92 Å². The Bertz CT molecular complexity index is 727. The number of nitrogen functional groups attached to an aromatic ring is 1. The molecule has 24 heavy (non-hydrogen) atoms. The van der Waals surface area contributed by atoms with Crippen molar-refractivity contribution in [3.63, 3.8) is 0 Å². The van der Waals surface area contributed by atoms with Crippen LogP contribution >= 0.6 is 0 Å². The minimum atomic E-state index is -1.03. The average molecular weight is 326 g/mol. The SMILES string of the molecule is CCOc1ccc2c(c1)N(CC1CC1)C(c1ccc(N)cc1)C2F. The lowest BCUT2D eigenvalue weighted by Gasteiger charge is -2.29. The van der Waals surface area contributed by atoms with Crippen LogP contribution in [-0.4, -0.2) is 13.2 Å². The van der Waals surface area contributed by atoms with Crippen molar-refractivity contribution in [1.29, 1.82) is 0 Å². The first-order chi connectivity index (χ1) is 11.7. The van der Waals surface area contributed by atoms with Gasteiger partial charge < -0.3 is 15.4 Å². The van der Waals surface area contributed by atoms with Gasteiger partial charge in [0.2, 0.25) is 0 Å². The summed E-state index contributed by atoms with van der Waals surface area (Å²) in [5.41, 5.74) is 9.22. The molecule has 1 fully saturated rings. The van der Waals surface area contributed by atoms with Gasteiger partial charge in [-0.1, -0.05) is 18.2 Å². The van der Waals surface area contributed by atoms with Crippen LogP contribution in [0.1, 0.15) is 43.1 Å². The number of anilines is 2. The molecule has 1 aliphatic carbocycles. The maximum Gasteiger partial charge on any atom is 0.152 e. The van der Waals surface area contributed by atoms with Gasteiger partial charge in [0.15, 0.2) is 6.17 Å². The van der Waals surface area contributed by atoms with Crippen molar-refractivity contribution in [1.82, 2.24) is 0 Å². The standard InChI is InChI=1S/C20H23FN2O/c1-2-24-16-9-10-17-18(11-16)23(12-13-3-4-13)20(19(17)21)14-5-7-15(22)8-6-14/h5-11,13,19-20H,2-4,12,22H2,1H3. The Kier molecular flexibility index (Phi) is 3.83. The van der Waals surface area contributed by atoms with Crippen molar-refractivity contribution in [2.75, 3.05) is 23.8 Å². The number of hydrogen-bond acceptors (Lipinski definition) is 3. The van der Waals surface area contributed by atoms with Crippen molar-refractivity contribution in [3.05, 3.63) is 53.6 Å². The fraction of sp³-hybridized carbons (Fsp3) is 0.400. The predicted molar refractivity (Wildman–Crippen MR) is 95.1 cm³/mol. The molecule has 2 aromatic rings. The Balaban J connectivity index is 1.74. The number of rotatable bonds is 5. The van der Waals surface area contributed by atoms with Gasteiger partial charge in [0.25, 0.3) is 0 Å². The van der Waals surface area contributed by atoms with Crippen LogP contribution < -0.4 is 15.4 Å². The molecule has 4 rings (SSSR count). The molecule has 2 unspecified atom stereocenters. The number of halogens is 1. The molecule has 4 heteroatoms. The first-order valence-electron chi connectivity index (χ1n) is 8.70. The first kappa shape index (κ1) is 15.3. The number of nitrogens with zero attached hydrogens (tertiary/aromatic N) is 1. The monoisotopic (exact) mass is 326 g/mol. The highest BCUT2D eigenvalue weighted by Gasteiger charge is 2.42. The van der Waals surface area contributed by atoms with E-state index in [1.807, 2.05) is 49.4 Å². The fourth-order valence-electron chi connectivity index (χ4n) is 3.57. The third kappa shape index (κ3) is 2.70. The summed E-state index contributed by atoms with van der Waals surface area (Å²) in [6.07, 6.45) is 1.45. The van der Waals surface area contributed by atoms with Crippen LogP contribution in [0.4, 0.5) is 15.8 Å². The topological polar surface area (TPSA) is 38.5 Å². The van der Waals surface area contributed by atoms with Crippen LogP contribution in [0, 0.1) is 5.92 Å². The summed E-state index contributed by atoms with van der Waals surface area (Å²) in [5, 5.41) is 0. The molecule has 2 atom stereocenters. The number of nitrogens with two attached hydrogens (primary N) is 1. The second-order valence-electron chi connectivity index (χ2n) is 6.76. The number of ether oxygens (including phenoxy) is 1. The van der Waals surface area contributed by atoms with Crippen molar-refractivity contribution in [3.8, 4) is 5.75 Å². The Morgan fingerprint density at radius 2 is 1.92 bits per heavy atom. The Hall–Kier alpha value is -2.23. The van der Waals surface area contributed by atoms with E-state index in [0.717, 1.165) is 29.1 Å². The minimum absolute atomic E-state index is 0.280. The second kappa shape index (κ2) is 6.00. The third-order valence-electron chi connectivity index (χ3n) is 4.96. The van der Waals surface area contributed by atoms with E-state index in [9.17, 15) is 0 Å². The normalized spacial score (nSPS) is 22.5. The highest BCUT2D eigenvalue weighted by atomic mass is 19.1. The first-order valence-corrected chi connectivity index (χ1v) is 8.70. The quantitative estimate of drug-likeness (QED) is 0.813. The zero-order valence-electron chi connectivity index (χ0n) is 13.9. The molecule has 0 bridgehead atoms. The number of alkyl halides is 1. The molecule has 2 aromatic carbocycles. The zero-order chi connectivity index (χ0) is 16.7. The number of hydrogen-bond donors (Lipinski definition) is 1. The molecule has 3 nitrogen and oxygen atoms in total. The molecular weight excluding hydrogens is 303 g/mol. The highest BCUT2D eigenvalue weighted by Crippen LogP contribution is 2.52. The van der Waals surface area contributed by atoms with Crippen LogP contribution in [0.25, 0.3) is 0 Å². The molecule has 0 aromatic heterocycles. The summed E-state index contributed by atoms with van der Waals surface area (Å²) in [6, 6.07) is 13.1. The van der Waals surface area contributed by atoms with E-state index in [1.54, 1.807) is 0 Å². The Morgan fingerprint density at radius 3 is 2.58 bits per heavy atom. The van der Waals surface area contributed by atoms with Gasteiger partial charge in [-0.2, -0.15) is 0 Å². The van der Waals surface area contributed by atoms with Gasteiger partial charge in [-0.25, -0.2) is 4.39 Å². The molecule has 2 N–H and O–H groups in total. The molecule has 1 heterocycles. The van der Waals surface area contributed by atoms with Crippen molar-refractivity contribution in [2.45, 2.75) is 32.0 Å². The van der Waals surface area contributed by atoms with Crippen molar-refractivity contribution < 1.29 is 9.13 Å². The highest BCUT2D eigenvalue weighted by molar-refractivity contribution is 5.65. The van der Waals surface area contributed by atoms with Crippen LogP contribution in [0.3, 0.4) is 0 Å². The Morgan fingerprint density at radius 1 is 1.17 bits per heavy atom. The largest absolute Gasteiger partial charge is 0.494 e. The van der Waals surface area contributed by atoms with E-state index in [-0.39, 0.29) is 6.04 Å². The summed E-state index contributed by atoms with van der Waals surface area (Å²) in [4.78, 5) is 2.23. The van der Waals surface area contributed by atoms with E-state index >= 15 is 4.39 Å². The molecule has 1 aliphatic heterocycles. The van der Waals surface area contributed by atoms with Crippen LogP contribution in [0.2, 0.25) is 0 Å². The summed E-state index contributed by atoms with van der Waals surface area (Å²) < 4.78 is 20.9. The smallest absolute Gasteiger partial charge is 0.152 e. The summed E-state index contributed by atoms with van der Waals surface area (Å²) in [7, 11) is 0. The summed E-state index contributed by atoms with van der Waals surface area (Å²) in [6.45, 7) is 3.48. The van der Waals surface area contributed by atoms with E-state index in [0.29, 0.717) is 18.2 Å². The van der Waals surface area contributed by atoms with Gasteiger partial charge in [0.1, 0.15) is 5.75 Å². The van der Waals surface area contributed by atoms with E-state index in [4.69, 9.17) is 10.5 Å². The second-order valence-corrected chi connectivity index (χ2v) is 6.76. The van der Waals surface area contributed by atoms with Gasteiger partial charge in [-0.05, 0) is 49.4 Å². The molecule has 0 saturated heterocycles. The molecule has 0 amide bonds. The van der Waals surface area contributed by atoms with Crippen LogP contribution in [0.5, 0.6) is 5.75 Å². The lowest BCUT2D eigenvalue weighted by atomic mass is 10.00. The van der Waals surface area contributed by atoms with Gasteiger partial charge in [-0.15, -0.1) is 0 Å². The van der Waals surface area contributed by atoms with Crippen LogP contribution in [0.15, 0.2) is 42.5 Å². The third-order valence-corrected chi connectivity index (χ3v) is 4.96.